The highest BCUT2D eigenvalue weighted by Crippen LogP contribution is 2.27. The van der Waals surface area contributed by atoms with Gasteiger partial charge in [0, 0.05) is 31.4 Å². The number of allylic oxidation sites excluding steroid dienone is 3. The number of carbonyl (C=O) groups excluding carboxylic acids is 1. The molecule has 1 aliphatic heterocycles. The zero-order valence-corrected chi connectivity index (χ0v) is 16.5. The largest absolute Gasteiger partial charge is 0.341 e. The molecule has 0 aromatic carbocycles. The molecule has 0 radical (unpaired) electrons. The lowest BCUT2D eigenvalue weighted by atomic mass is 9.93. The molecule has 1 amide bonds. The van der Waals surface area contributed by atoms with E-state index < -0.39 is 0 Å². The lowest BCUT2D eigenvalue weighted by molar-refractivity contribution is -0.132. The minimum Gasteiger partial charge on any atom is -0.341 e. The van der Waals surface area contributed by atoms with Gasteiger partial charge in [-0.2, -0.15) is 0 Å². The summed E-state index contributed by atoms with van der Waals surface area (Å²) in [5.74, 6) is 0.404. The number of pyridine rings is 1. The van der Waals surface area contributed by atoms with Crippen molar-refractivity contribution in [3.63, 3.8) is 0 Å². The Labute approximate surface area is 169 Å². The Kier molecular flexibility index (Phi) is 5.46. The van der Waals surface area contributed by atoms with Crippen LogP contribution in [0, 0.1) is 0 Å². The van der Waals surface area contributed by atoms with Crippen LogP contribution >= 0.6 is 0 Å². The summed E-state index contributed by atoms with van der Waals surface area (Å²) in [5.41, 5.74) is 4.36. The number of rotatable bonds is 5. The molecule has 0 aliphatic carbocycles. The maximum absolute atomic E-state index is 12.8. The van der Waals surface area contributed by atoms with Gasteiger partial charge in [-0.05, 0) is 37.5 Å². The standard InChI is InChI=1S/C22H24N6O/c1-3-16(4-2)19-12-23-13-20(26-19)17-7-10-27(11-8-17)21(29)14-28-15-25-18-6-5-9-24-22(18)28/h3-6,9,12-13,15,17H,1,7-8,10-11,14H2,2H3/b16-4+. The molecule has 7 heteroatoms. The molecule has 0 atom stereocenters. The summed E-state index contributed by atoms with van der Waals surface area (Å²) >= 11 is 0. The molecule has 0 spiro atoms. The molecular formula is C22H24N6O. The van der Waals surface area contributed by atoms with E-state index in [4.69, 9.17) is 4.98 Å². The predicted molar refractivity (Wildman–Crippen MR) is 112 cm³/mol. The number of carbonyl (C=O) groups is 1. The summed E-state index contributed by atoms with van der Waals surface area (Å²) in [6, 6.07) is 3.74. The first kappa shape index (κ1) is 19.0. The van der Waals surface area contributed by atoms with Crippen LogP contribution in [0.4, 0.5) is 0 Å². The van der Waals surface area contributed by atoms with Crippen molar-refractivity contribution in [1.29, 1.82) is 0 Å². The van der Waals surface area contributed by atoms with Gasteiger partial charge in [0.15, 0.2) is 5.65 Å². The third kappa shape index (κ3) is 3.94. The van der Waals surface area contributed by atoms with E-state index in [1.807, 2.05) is 40.8 Å². The van der Waals surface area contributed by atoms with Crippen LogP contribution in [0.1, 0.15) is 37.1 Å². The van der Waals surface area contributed by atoms with Gasteiger partial charge >= 0.3 is 0 Å². The second-order valence-corrected chi connectivity index (χ2v) is 7.15. The molecule has 4 heterocycles. The normalized spacial score (nSPS) is 15.6. The van der Waals surface area contributed by atoms with Gasteiger partial charge in [0.05, 0.1) is 23.9 Å². The third-order valence-corrected chi connectivity index (χ3v) is 5.43. The first-order valence-electron chi connectivity index (χ1n) is 9.84. The number of piperidine rings is 1. The number of fused-ring (bicyclic) bond motifs is 1. The molecule has 148 valence electrons. The van der Waals surface area contributed by atoms with E-state index in [-0.39, 0.29) is 12.5 Å². The van der Waals surface area contributed by atoms with Gasteiger partial charge in [-0.25, -0.2) is 15.0 Å². The van der Waals surface area contributed by atoms with Crippen LogP contribution in [0.3, 0.4) is 0 Å². The summed E-state index contributed by atoms with van der Waals surface area (Å²) in [7, 11) is 0. The van der Waals surface area contributed by atoms with Crippen molar-refractivity contribution >= 4 is 22.6 Å². The number of aromatic nitrogens is 5. The highest BCUT2D eigenvalue weighted by atomic mass is 16.2. The van der Waals surface area contributed by atoms with E-state index in [1.54, 1.807) is 24.8 Å². The van der Waals surface area contributed by atoms with Crippen molar-refractivity contribution in [2.24, 2.45) is 0 Å². The van der Waals surface area contributed by atoms with Crippen molar-refractivity contribution in [3.8, 4) is 0 Å². The minimum absolute atomic E-state index is 0.0936. The third-order valence-electron chi connectivity index (χ3n) is 5.43. The second-order valence-electron chi connectivity index (χ2n) is 7.15. The van der Waals surface area contributed by atoms with Gasteiger partial charge in [-0.15, -0.1) is 0 Å². The van der Waals surface area contributed by atoms with E-state index in [0.717, 1.165) is 41.0 Å². The van der Waals surface area contributed by atoms with Gasteiger partial charge in [0.2, 0.25) is 5.91 Å². The molecule has 0 saturated carbocycles. The molecule has 1 saturated heterocycles. The fourth-order valence-electron chi connectivity index (χ4n) is 3.77. The van der Waals surface area contributed by atoms with E-state index in [0.29, 0.717) is 19.0 Å². The van der Waals surface area contributed by atoms with Crippen molar-refractivity contribution in [1.82, 2.24) is 29.4 Å². The molecule has 3 aromatic heterocycles. The summed E-state index contributed by atoms with van der Waals surface area (Å²) in [4.78, 5) is 32.5. The van der Waals surface area contributed by atoms with Crippen LogP contribution in [-0.2, 0) is 11.3 Å². The summed E-state index contributed by atoms with van der Waals surface area (Å²) < 4.78 is 1.81. The van der Waals surface area contributed by atoms with Crippen LogP contribution in [-0.4, -0.2) is 48.4 Å². The lowest BCUT2D eigenvalue weighted by Gasteiger charge is -2.31. The van der Waals surface area contributed by atoms with Crippen LogP contribution in [0.15, 0.2) is 55.8 Å². The van der Waals surface area contributed by atoms with E-state index >= 15 is 0 Å². The van der Waals surface area contributed by atoms with Crippen LogP contribution in [0.5, 0.6) is 0 Å². The number of hydrogen-bond donors (Lipinski definition) is 0. The quantitative estimate of drug-likeness (QED) is 0.627. The van der Waals surface area contributed by atoms with Gasteiger partial charge in [0.25, 0.3) is 0 Å². The average Bonchev–Trinajstić information content (AvgIpc) is 3.18. The molecular weight excluding hydrogens is 364 g/mol. The van der Waals surface area contributed by atoms with E-state index in [9.17, 15) is 4.79 Å². The second kappa shape index (κ2) is 8.34. The fraction of sp³-hybridized carbons (Fsp3) is 0.318. The maximum Gasteiger partial charge on any atom is 0.242 e. The van der Waals surface area contributed by atoms with Crippen molar-refractivity contribution in [3.05, 3.63) is 67.2 Å². The van der Waals surface area contributed by atoms with E-state index in [1.165, 1.54) is 0 Å². The topological polar surface area (TPSA) is 76.8 Å². The SMILES string of the molecule is C=C/C(=C\C)c1cncc(C2CCN(C(=O)Cn3cnc4cccnc43)CC2)n1. The molecule has 7 nitrogen and oxygen atoms in total. The van der Waals surface area contributed by atoms with Gasteiger partial charge in [-0.3, -0.25) is 9.78 Å². The number of nitrogens with zero attached hydrogens (tertiary/aromatic N) is 6. The van der Waals surface area contributed by atoms with Crippen molar-refractivity contribution in [2.45, 2.75) is 32.2 Å². The molecule has 0 unspecified atom stereocenters. The van der Waals surface area contributed by atoms with Crippen molar-refractivity contribution < 1.29 is 4.79 Å². The average molecular weight is 388 g/mol. The highest BCUT2D eigenvalue weighted by Gasteiger charge is 2.25. The first-order chi connectivity index (χ1) is 14.2. The molecule has 3 aromatic rings. The highest BCUT2D eigenvalue weighted by molar-refractivity contribution is 5.79. The maximum atomic E-state index is 12.8. The number of amides is 1. The number of likely N-dealkylation sites (tertiary alicyclic amines) is 1. The Hall–Kier alpha value is -3.35. The molecule has 0 bridgehead atoms. The zero-order valence-electron chi connectivity index (χ0n) is 16.5. The molecule has 1 aliphatic rings. The van der Waals surface area contributed by atoms with Crippen LogP contribution < -0.4 is 0 Å². The Morgan fingerprint density at radius 2 is 2.10 bits per heavy atom. The molecule has 4 rings (SSSR count). The van der Waals surface area contributed by atoms with Crippen LogP contribution in [0.2, 0.25) is 0 Å². The molecule has 1 fully saturated rings. The minimum atomic E-state index is 0.0936. The predicted octanol–water partition coefficient (Wildman–Crippen LogP) is 3.22. The molecule has 29 heavy (non-hydrogen) atoms. The lowest BCUT2D eigenvalue weighted by Crippen LogP contribution is -2.39. The smallest absolute Gasteiger partial charge is 0.242 e. The fourth-order valence-corrected chi connectivity index (χ4v) is 3.77. The Morgan fingerprint density at radius 3 is 2.86 bits per heavy atom. The Bertz CT molecular complexity index is 1060. The van der Waals surface area contributed by atoms with Crippen LogP contribution in [0.25, 0.3) is 16.7 Å². The monoisotopic (exact) mass is 388 g/mol. The van der Waals surface area contributed by atoms with Crippen molar-refractivity contribution in [2.75, 3.05) is 13.1 Å². The summed E-state index contributed by atoms with van der Waals surface area (Å²) in [6.07, 6.45) is 12.5. The molecule has 0 N–H and O–H groups in total. The Balaban J connectivity index is 1.40. The van der Waals surface area contributed by atoms with Gasteiger partial charge in [0.1, 0.15) is 12.1 Å². The Morgan fingerprint density at radius 1 is 1.28 bits per heavy atom. The van der Waals surface area contributed by atoms with Gasteiger partial charge < -0.3 is 9.47 Å². The zero-order chi connectivity index (χ0) is 20.2. The number of hydrogen-bond acceptors (Lipinski definition) is 5. The van der Waals surface area contributed by atoms with Gasteiger partial charge in [-0.1, -0.05) is 18.7 Å². The summed E-state index contributed by atoms with van der Waals surface area (Å²) in [5, 5.41) is 0. The summed E-state index contributed by atoms with van der Waals surface area (Å²) in [6.45, 7) is 7.50. The first-order valence-corrected chi connectivity index (χ1v) is 9.84. The van der Waals surface area contributed by atoms with E-state index in [2.05, 4.69) is 21.5 Å². The number of imidazole rings is 1.